The molecule has 0 atom stereocenters. The number of ether oxygens (including phenoxy) is 1. The van der Waals surface area contributed by atoms with Crippen LogP contribution in [0.1, 0.15) is 15.9 Å². The maximum atomic E-state index is 12.0. The first kappa shape index (κ1) is 19.4. The summed E-state index contributed by atoms with van der Waals surface area (Å²) >= 11 is 0. The van der Waals surface area contributed by atoms with Gasteiger partial charge in [0, 0.05) is 17.2 Å². The van der Waals surface area contributed by atoms with Crippen LogP contribution in [0.25, 0.3) is 0 Å². The number of hydrogen-bond donors (Lipinski definition) is 2. The maximum absolute atomic E-state index is 12.0. The number of carbonyl (C=O) groups excluding carboxylic acids is 2. The lowest BCUT2D eigenvalue weighted by Crippen LogP contribution is -2.34. The Labute approximate surface area is 153 Å². The molecule has 0 aliphatic carbocycles. The molecule has 0 aliphatic rings. The zero-order chi connectivity index (χ0) is 19.8. The van der Waals surface area contributed by atoms with Gasteiger partial charge < -0.3 is 15.2 Å². The lowest BCUT2D eigenvalue weighted by molar-refractivity contribution is -0.398. The Morgan fingerprint density at radius 1 is 1.26 bits per heavy atom. The van der Waals surface area contributed by atoms with Crippen LogP contribution < -0.4 is 20.6 Å². The molecule has 10 nitrogen and oxygen atoms in total. The number of nitrogens with one attached hydrogen (secondary N) is 2. The summed E-state index contributed by atoms with van der Waals surface area (Å²) in [5, 5.41) is 28.1. The Morgan fingerprint density at radius 2 is 2.04 bits per heavy atom. The van der Waals surface area contributed by atoms with E-state index in [0.29, 0.717) is 11.3 Å². The van der Waals surface area contributed by atoms with Crippen LogP contribution in [-0.2, 0) is 4.79 Å². The second-order valence-electron chi connectivity index (χ2n) is 5.19. The van der Waals surface area contributed by atoms with E-state index < -0.39 is 28.2 Å². The van der Waals surface area contributed by atoms with E-state index in [0.717, 1.165) is 18.3 Å². The van der Waals surface area contributed by atoms with E-state index in [9.17, 15) is 24.8 Å². The molecule has 10 heteroatoms. The van der Waals surface area contributed by atoms with Crippen LogP contribution in [0.15, 0.2) is 47.6 Å². The Hall–Kier alpha value is -3.95. The second-order valence-corrected chi connectivity index (χ2v) is 5.19. The smallest absolute Gasteiger partial charge is 0.262 e. The fourth-order valence-corrected chi connectivity index (χ4v) is 2.00. The molecular formula is C17H15N4O6-. The number of nitro groups is 1. The summed E-state index contributed by atoms with van der Waals surface area (Å²) in [5.41, 5.74) is 2.17. The molecule has 0 unspecified atom stereocenters. The molecule has 140 valence electrons. The van der Waals surface area contributed by atoms with E-state index >= 15 is 0 Å². The van der Waals surface area contributed by atoms with Gasteiger partial charge in [-0.3, -0.25) is 19.7 Å². The van der Waals surface area contributed by atoms with E-state index in [1.807, 2.05) is 0 Å². The standard InChI is InChI=1S/C17H16N4O6/c1-27-13-4-2-3-12(8-13)17(24)18-10-16(23)20-19-9-11-5-6-15(22)14(7-11)21(25)26/h2-9,22H,10H2,1H3,(H,18,24)(H,20,23)/p-1. The van der Waals surface area contributed by atoms with Gasteiger partial charge in [-0.1, -0.05) is 18.2 Å². The minimum Gasteiger partial charge on any atom is -0.868 e. The number of hydrogen-bond acceptors (Lipinski definition) is 7. The first-order valence-corrected chi connectivity index (χ1v) is 7.60. The monoisotopic (exact) mass is 371 g/mol. The van der Waals surface area contributed by atoms with Crippen molar-refractivity contribution in [2.24, 2.45) is 5.10 Å². The minimum atomic E-state index is -0.799. The van der Waals surface area contributed by atoms with Crippen molar-refractivity contribution < 1.29 is 24.4 Å². The highest BCUT2D eigenvalue weighted by Gasteiger charge is 2.09. The summed E-state index contributed by atoms with van der Waals surface area (Å²) in [6, 6.07) is 9.83. The van der Waals surface area contributed by atoms with Gasteiger partial charge in [0.2, 0.25) is 0 Å². The summed E-state index contributed by atoms with van der Waals surface area (Å²) in [4.78, 5) is 33.6. The highest BCUT2D eigenvalue weighted by Crippen LogP contribution is 2.22. The minimum absolute atomic E-state index is 0.266. The van der Waals surface area contributed by atoms with E-state index in [2.05, 4.69) is 15.8 Å². The van der Waals surface area contributed by atoms with Crippen molar-refractivity contribution in [2.45, 2.75) is 0 Å². The van der Waals surface area contributed by atoms with Crippen molar-refractivity contribution in [2.75, 3.05) is 13.7 Å². The van der Waals surface area contributed by atoms with E-state index in [-0.39, 0.29) is 12.1 Å². The van der Waals surface area contributed by atoms with Crippen LogP contribution in [-0.4, -0.2) is 36.6 Å². The topological polar surface area (TPSA) is 146 Å². The summed E-state index contributed by atoms with van der Waals surface area (Å²) in [7, 11) is 1.47. The number of hydrazone groups is 1. The molecule has 0 bridgehead atoms. The van der Waals surface area contributed by atoms with E-state index in [4.69, 9.17) is 4.74 Å². The van der Waals surface area contributed by atoms with Gasteiger partial charge in [-0.25, -0.2) is 5.43 Å². The molecule has 0 heterocycles. The summed E-state index contributed by atoms with van der Waals surface area (Å²) in [5.74, 6) is -1.27. The number of methoxy groups -OCH3 is 1. The highest BCUT2D eigenvalue weighted by atomic mass is 16.6. The number of amides is 2. The van der Waals surface area contributed by atoms with Crippen molar-refractivity contribution in [1.82, 2.24) is 10.7 Å². The predicted octanol–water partition coefficient (Wildman–Crippen LogP) is 0.557. The average Bonchev–Trinajstić information content (AvgIpc) is 2.67. The van der Waals surface area contributed by atoms with Gasteiger partial charge in [0.1, 0.15) is 5.75 Å². The fraction of sp³-hybridized carbons (Fsp3) is 0.118. The number of benzene rings is 2. The summed E-state index contributed by atoms with van der Waals surface area (Å²) < 4.78 is 5.02. The molecule has 0 saturated heterocycles. The Morgan fingerprint density at radius 3 is 2.74 bits per heavy atom. The largest absolute Gasteiger partial charge is 0.868 e. The van der Waals surface area contributed by atoms with Crippen molar-refractivity contribution in [3.8, 4) is 11.5 Å². The molecule has 2 amide bonds. The lowest BCUT2D eigenvalue weighted by atomic mass is 10.2. The second kappa shape index (κ2) is 8.94. The third kappa shape index (κ3) is 5.53. The van der Waals surface area contributed by atoms with Crippen molar-refractivity contribution >= 4 is 23.7 Å². The van der Waals surface area contributed by atoms with Crippen LogP contribution in [0, 0.1) is 10.1 Å². The van der Waals surface area contributed by atoms with E-state index in [1.54, 1.807) is 18.2 Å². The molecule has 2 N–H and O–H groups in total. The van der Waals surface area contributed by atoms with Crippen LogP contribution in [0.3, 0.4) is 0 Å². The lowest BCUT2D eigenvalue weighted by Gasteiger charge is -2.06. The summed E-state index contributed by atoms with van der Waals surface area (Å²) in [6.07, 6.45) is 1.15. The molecular weight excluding hydrogens is 356 g/mol. The number of carbonyl (C=O) groups is 2. The quantitative estimate of drug-likeness (QED) is 0.413. The van der Waals surface area contributed by atoms with Gasteiger partial charge >= 0.3 is 0 Å². The molecule has 0 aliphatic heterocycles. The molecule has 2 rings (SSSR count). The SMILES string of the molecule is COc1cccc(C(=O)NCC(=O)NN=Cc2ccc([O-])c([N+](=O)[O-])c2)c1. The Balaban J connectivity index is 1.87. The molecule has 0 saturated carbocycles. The van der Waals surface area contributed by atoms with Gasteiger partial charge in [-0.2, -0.15) is 5.10 Å². The number of rotatable bonds is 7. The normalized spacial score (nSPS) is 10.4. The third-order valence-corrected chi connectivity index (χ3v) is 3.32. The van der Waals surface area contributed by atoms with Gasteiger partial charge in [0.15, 0.2) is 0 Å². The van der Waals surface area contributed by atoms with Gasteiger partial charge in [-0.05, 0) is 23.9 Å². The first-order valence-electron chi connectivity index (χ1n) is 7.60. The zero-order valence-electron chi connectivity index (χ0n) is 14.2. The molecule has 2 aromatic rings. The number of nitro benzene ring substituents is 1. The van der Waals surface area contributed by atoms with Gasteiger partial charge in [-0.15, -0.1) is 0 Å². The van der Waals surface area contributed by atoms with Crippen molar-refractivity contribution in [3.63, 3.8) is 0 Å². The molecule has 2 aromatic carbocycles. The molecule has 0 radical (unpaired) electrons. The first-order chi connectivity index (χ1) is 12.9. The van der Waals surface area contributed by atoms with Crippen LogP contribution in [0.4, 0.5) is 5.69 Å². The maximum Gasteiger partial charge on any atom is 0.262 e. The Kier molecular flexibility index (Phi) is 6.42. The van der Waals surface area contributed by atoms with E-state index in [1.165, 1.54) is 19.2 Å². The Bertz CT molecular complexity index is 897. The molecule has 0 spiro atoms. The molecule has 0 aromatic heterocycles. The highest BCUT2D eigenvalue weighted by molar-refractivity contribution is 5.96. The van der Waals surface area contributed by atoms with Gasteiger partial charge in [0.05, 0.1) is 24.8 Å². The molecule has 27 heavy (non-hydrogen) atoms. The average molecular weight is 371 g/mol. The number of nitrogens with zero attached hydrogens (tertiary/aromatic N) is 2. The summed E-state index contributed by atoms with van der Waals surface area (Å²) in [6.45, 7) is -0.326. The van der Waals surface area contributed by atoms with Crippen LogP contribution in [0.2, 0.25) is 0 Å². The predicted molar refractivity (Wildman–Crippen MR) is 93.6 cm³/mol. The third-order valence-electron chi connectivity index (χ3n) is 3.32. The van der Waals surface area contributed by atoms with Crippen molar-refractivity contribution in [1.29, 1.82) is 0 Å². The molecule has 0 fully saturated rings. The van der Waals surface area contributed by atoms with Crippen LogP contribution >= 0.6 is 0 Å². The van der Waals surface area contributed by atoms with Gasteiger partial charge in [0.25, 0.3) is 17.5 Å². The van der Waals surface area contributed by atoms with Crippen molar-refractivity contribution in [3.05, 3.63) is 63.7 Å². The zero-order valence-corrected chi connectivity index (χ0v) is 14.2. The van der Waals surface area contributed by atoms with Crippen LogP contribution in [0.5, 0.6) is 11.5 Å². The fourth-order valence-electron chi connectivity index (χ4n) is 2.00.